The summed E-state index contributed by atoms with van der Waals surface area (Å²) in [5.41, 5.74) is 4.33. The van der Waals surface area contributed by atoms with Crippen molar-refractivity contribution in [3.63, 3.8) is 0 Å². The molecule has 168 valence electrons. The quantitative estimate of drug-likeness (QED) is 0.330. The fraction of sp³-hybridized carbons (Fsp3) is 0.238. The first-order valence-corrected chi connectivity index (χ1v) is 10.1. The maximum absolute atomic E-state index is 14.1. The Labute approximate surface area is 188 Å². The van der Waals surface area contributed by atoms with Crippen LogP contribution >= 0.6 is 11.6 Å². The lowest BCUT2D eigenvalue weighted by Crippen LogP contribution is -2.47. The molecule has 0 fully saturated rings. The number of nitrogens with one attached hydrogen (secondary N) is 2. The second kappa shape index (κ2) is 10.8. The lowest BCUT2D eigenvalue weighted by Gasteiger charge is -2.24. The van der Waals surface area contributed by atoms with Crippen LogP contribution in [0, 0.1) is 5.82 Å². The topological polar surface area (TPSA) is 120 Å². The maximum atomic E-state index is 14.1. The predicted octanol–water partition coefficient (Wildman–Crippen LogP) is 2.34. The van der Waals surface area contributed by atoms with Gasteiger partial charge in [0.05, 0.1) is 19.3 Å². The van der Waals surface area contributed by atoms with E-state index in [0.29, 0.717) is 16.1 Å². The number of halogens is 2. The Bertz CT molecular complexity index is 1060. The molecular formula is C21H21ClFN5O4. The number of hydrazine groups is 1. The third kappa shape index (κ3) is 6.10. The number of aliphatic hydroxyl groups is 1. The number of carbonyl (C=O) groups is 2. The van der Waals surface area contributed by atoms with Crippen LogP contribution in [-0.2, 0) is 16.1 Å². The Morgan fingerprint density at radius 2 is 2.03 bits per heavy atom. The van der Waals surface area contributed by atoms with E-state index in [9.17, 15) is 19.1 Å². The molecule has 9 nitrogen and oxygen atoms in total. The summed E-state index contributed by atoms with van der Waals surface area (Å²) in [6.45, 7) is 1.65. The molecule has 0 aliphatic heterocycles. The predicted molar refractivity (Wildman–Crippen MR) is 114 cm³/mol. The summed E-state index contributed by atoms with van der Waals surface area (Å²) < 4.78 is 18.9. The van der Waals surface area contributed by atoms with Crippen LogP contribution in [0.3, 0.4) is 0 Å². The third-order valence-corrected chi connectivity index (χ3v) is 4.66. The van der Waals surface area contributed by atoms with Crippen LogP contribution < -0.4 is 5.43 Å². The first-order valence-electron chi connectivity index (χ1n) is 9.68. The Kier molecular flexibility index (Phi) is 7.87. The number of esters is 1. The Morgan fingerprint density at radius 1 is 1.28 bits per heavy atom. The normalized spacial score (nSPS) is 11.9. The van der Waals surface area contributed by atoms with Crippen LogP contribution in [0.4, 0.5) is 4.39 Å². The van der Waals surface area contributed by atoms with Crippen molar-refractivity contribution in [3.8, 4) is 11.1 Å². The number of amides is 1. The third-order valence-electron chi connectivity index (χ3n) is 4.43. The maximum Gasteiger partial charge on any atom is 0.336 e. The van der Waals surface area contributed by atoms with Crippen molar-refractivity contribution in [2.75, 3.05) is 13.2 Å². The van der Waals surface area contributed by atoms with Gasteiger partial charge in [-0.25, -0.2) is 14.2 Å². The zero-order valence-corrected chi connectivity index (χ0v) is 17.8. The molecular weight excluding hydrogens is 441 g/mol. The highest BCUT2D eigenvalue weighted by atomic mass is 35.5. The van der Waals surface area contributed by atoms with E-state index in [1.807, 2.05) is 0 Å². The fourth-order valence-electron chi connectivity index (χ4n) is 2.91. The minimum Gasteiger partial charge on any atom is -0.464 e. The Hall–Kier alpha value is -3.34. The molecule has 3 aromatic rings. The molecule has 0 aliphatic carbocycles. The standard InChI is InChI=1S/C21H21ClFN5O4/c1-2-32-21(31)19(29)12-28(26-20(30)18-10-24-27-25-18)11-13-3-5-14(6-4-13)16-9-15(22)7-8-17(16)23/h3-10,19,29H,2,11-12H2,1H3,(H,26,30)(H,24,25,27). The second-order valence-corrected chi connectivity index (χ2v) is 7.20. The van der Waals surface area contributed by atoms with Crippen molar-refractivity contribution in [2.24, 2.45) is 0 Å². The molecule has 0 saturated heterocycles. The van der Waals surface area contributed by atoms with Crippen LogP contribution in [0.1, 0.15) is 23.0 Å². The van der Waals surface area contributed by atoms with Crippen molar-refractivity contribution in [2.45, 2.75) is 19.6 Å². The van der Waals surface area contributed by atoms with Crippen molar-refractivity contribution in [1.82, 2.24) is 25.8 Å². The number of aromatic amines is 1. The van der Waals surface area contributed by atoms with Gasteiger partial charge in [-0.2, -0.15) is 15.4 Å². The first-order chi connectivity index (χ1) is 15.4. The lowest BCUT2D eigenvalue weighted by atomic mass is 10.0. The van der Waals surface area contributed by atoms with Gasteiger partial charge in [0.1, 0.15) is 5.82 Å². The zero-order valence-electron chi connectivity index (χ0n) is 17.1. The van der Waals surface area contributed by atoms with Crippen LogP contribution in [0.15, 0.2) is 48.7 Å². The molecule has 1 amide bonds. The van der Waals surface area contributed by atoms with Gasteiger partial charge in [0.25, 0.3) is 5.91 Å². The highest BCUT2D eigenvalue weighted by Crippen LogP contribution is 2.26. The average molecular weight is 462 g/mol. The minimum absolute atomic E-state index is 0.0346. The van der Waals surface area contributed by atoms with Gasteiger partial charge >= 0.3 is 5.97 Å². The summed E-state index contributed by atoms with van der Waals surface area (Å²) in [6.07, 6.45) is -0.240. The van der Waals surface area contributed by atoms with Crippen LogP contribution in [0.5, 0.6) is 0 Å². The average Bonchev–Trinajstić information content (AvgIpc) is 3.31. The molecule has 2 aromatic carbocycles. The lowest BCUT2D eigenvalue weighted by molar-refractivity contribution is -0.154. The summed E-state index contributed by atoms with van der Waals surface area (Å²) in [7, 11) is 0. The Balaban J connectivity index is 1.76. The van der Waals surface area contributed by atoms with Crippen molar-refractivity contribution >= 4 is 23.5 Å². The molecule has 0 spiro atoms. The van der Waals surface area contributed by atoms with Crippen LogP contribution in [-0.4, -0.2) is 56.7 Å². The number of carbonyl (C=O) groups excluding carboxylic acids is 2. The molecule has 32 heavy (non-hydrogen) atoms. The number of nitrogens with zero attached hydrogens (tertiary/aromatic N) is 3. The van der Waals surface area contributed by atoms with Gasteiger partial charge in [0.2, 0.25) is 0 Å². The van der Waals surface area contributed by atoms with Crippen LogP contribution in [0.25, 0.3) is 11.1 Å². The summed E-state index contributed by atoms with van der Waals surface area (Å²) in [6, 6.07) is 11.2. The molecule has 1 atom stereocenters. The molecule has 11 heteroatoms. The second-order valence-electron chi connectivity index (χ2n) is 6.77. The molecule has 1 heterocycles. The summed E-state index contributed by atoms with van der Waals surface area (Å²) in [5.74, 6) is -1.78. The van der Waals surface area contributed by atoms with E-state index in [2.05, 4.69) is 20.8 Å². The van der Waals surface area contributed by atoms with Crippen molar-refractivity contribution < 1.29 is 23.8 Å². The summed E-state index contributed by atoms with van der Waals surface area (Å²) in [5, 5.41) is 21.5. The van der Waals surface area contributed by atoms with Crippen molar-refractivity contribution in [3.05, 3.63) is 70.8 Å². The number of benzene rings is 2. The molecule has 0 aliphatic rings. The number of aromatic nitrogens is 3. The molecule has 1 unspecified atom stereocenters. The van der Waals surface area contributed by atoms with E-state index < -0.39 is 23.8 Å². The van der Waals surface area contributed by atoms with E-state index in [1.54, 1.807) is 31.2 Å². The fourth-order valence-corrected chi connectivity index (χ4v) is 3.08. The molecule has 0 radical (unpaired) electrons. The smallest absolute Gasteiger partial charge is 0.336 e. The highest BCUT2D eigenvalue weighted by molar-refractivity contribution is 6.30. The number of rotatable bonds is 9. The van der Waals surface area contributed by atoms with Gasteiger partial charge in [-0.05, 0) is 36.2 Å². The molecule has 0 bridgehead atoms. The monoisotopic (exact) mass is 461 g/mol. The van der Waals surface area contributed by atoms with Gasteiger partial charge in [0.15, 0.2) is 11.8 Å². The molecule has 3 N–H and O–H groups in total. The number of hydrogen-bond donors (Lipinski definition) is 3. The van der Waals surface area contributed by atoms with E-state index in [-0.39, 0.29) is 25.4 Å². The van der Waals surface area contributed by atoms with Gasteiger partial charge in [-0.3, -0.25) is 10.2 Å². The minimum atomic E-state index is -1.48. The van der Waals surface area contributed by atoms with Gasteiger partial charge < -0.3 is 9.84 Å². The van der Waals surface area contributed by atoms with Gasteiger partial charge in [0, 0.05) is 17.1 Å². The van der Waals surface area contributed by atoms with E-state index in [1.165, 1.54) is 29.4 Å². The number of hydrogen-bond acceptors (Lipinski definition) is 7. The first kappa shape index (κ1) is 23.3. The van der Waals surface area contributed by atoms with Crippen LogP contribution in [0.2, 0.25) is 5.02 Å². The summed E-state index contributed by atoms with van der Waals surface area (Å²) >= 11 is 5.97. The van der Waals surface area contributed by atoms with E-state index in [0.717, 1.165) is 5.56 Å². The SMILES string of the molecule is CCOC(=O)C(O)CN(Cc1ccc(-c2cc(Cl)ccc2F)cc1)NC(=O)c1cn[nH]n1. The number of ether oxygens (including phenoxy) is 1. The molecule has 0 saturated carbocycles. The van der Waals surface area contributed by atoms with Gasteiger partial charge in [-0.15, -0.1) is 0 Å². The van der Waals surface area contributed by atoms with E-state index in [4.69, 9.17) is 16.3 Å². The molecule has 3 rings (SSSR count). The van der Waals surface area contributed by atoms with E-state index >= 15 is 0 Å². The zero-order chi connectivity index (χ0) is 23.1. The van der Waals surface area contributed by atoms with Crippen molar-refractivity contribution in [1.29, 1.82) is 0 Å². The highest BCUT2D eigenvalue weighted by Gasteiger charge is 2.23. The number of H-pyrrole nitrogens is 1. The van der Waals surface area contributed by atoms with Gasteiger partial charge in [-0.1, -0.05) is 35.9 Å². The molecule has 1 aromatic heterocycles. The Morgan fingerprint density at radius 3 is 2.69 bits per heavy atom. The number of aliphatic hydroxyl groups excluding tert-OH is 1. The largest absolute Gasteiger partial charge is 0.464 e. The summed E-state index contributed by atoms with van der Waals surface area (Å²) in [4.78, 5) is 24.2.